The van der Waals surface area contributed by atoms with Crippen molar-refractivity contribution in [1.82, 2.24) is 10.2 Å². The highest BCUT2D eigenvalue weighted by molar-refractivity contribution is 6.30. The van der Waals surface area contributed by atoms with Gasteiger partial charge in [-0.3, -0.25) is 9.69 Å². The van der Waals surface area contributed by atoms with Gasteiger partial charge in [0.2, 0.25) is 5.91 Å². The highest BCUT2D eigenvalue weighted by Gasteiger charge is 2.13. The first-order valence-electron chi connectivity index (χ1n) is 6.33. The molecule has 6 heteroatoms. The predicted molar refractivity (Wildman–Crippen MR) is 74.0 cm³/mol. The van der Waals surface area contributed by atoms with Crippen LogP contribution in [-0.4, -0.2) is 43.5 Å². The van der Waals surface area contributed by atoms with E-state index in [1.54, 1.807) is 6.07 Å². The minimum absolute atomic E-state index is 0.0524. The summed E-state index contributed by atoms with van der Waals surface area (Å²) in [4.78, 5) is 13.9. The summed E-state index contributed by atoms with van der Waals surface area (Å²) in [6.07, 6.45) is 1.03. The Kier molecular flexibility index (Phi) is 5.13. The molecule has 0 unspecified atom stereocenters. The molecule has 2 N–H and O–H groups in total. The molecule has 1 heterocycles. The number of nitrogens with zero attached hydrogens (tertiary/aromatic N) is 1. The van der Waals surface area contributed by atoms with Gasteiger partial charge in [0.15, 0.2) is 0 Å². The molecule has 0 radical (unpaired) electrons. The molecule has 0 aliphatic carbocycles. The molecular weight excluding hydrogens is 269 g/mol. The van der Waals surface area contributed by atoms with Crippen LogP contribution in [0.25, 0.3) is 0 Å². The van der Waals surface area contributed by atoms with Crippen molar-refractivity contribution in [2.45, 2.75) is 6.42 Å². The highest BCUT2D eigenvalue weighted by atomic mass is 35.5. The van der Waals surface area contributed by atoms with E-state index >= 15 is 0 Å². The van der Waals surface area contributed by atoms with E-state index in [4.69, 9.17) is 11.6 Å². The first kappa shape index (κ1) is 14.2. The number of nitrogens with one attached hydrogen (secondary N) is 2. The summed E-state index contributed by atoms with van der Waals surface area (Å²) in [6.45, 7) is 3.95. The lowest BCUT2D eigenvalue weighted by molar-refractivity contribution is -0.117. The zero-order valence-corrected chi connectivity index (χ0v) is 11.3. The maximum Gasteiger partial charge on any atom is 0.238 e. The van der Waals surface area contributed by atoms with Crippen molar-refractivity contribution >= 4 is 23.2 Å². The Morgan fingerprint density at radius 1 is 1.42 bits per heavy atom. The van der Waals surface area contributed by atoms with Crippen LogP contribution >= 0.6 is 11.6 Å². The van der Waals surface area contributed by atoms with Crippen LogP contribution in [0.3, 0.4) is 0 Å². The fourth-order valence-electron chi connectivity index (χ4n) is 2.04. The van der Waals surface area contributed by atoms with Gasteiger partial charge >= 0.3 is 0 Å². The zero-order valence-electron chi connectivity index (χ0n) is 10.6. The number of rotatable bonds is 3. The third-order valence-corrected chi connectivity index (χ3v) is 3.31. The van der Waals surface area contributed by atoms with Crippen molar-refractivity contribution in [1.29, 1.82) is 0 Å². The minimum atomic E-state index is -0.529. The van der Waals surface area contributed by atoms with Crippen molar-refractivity contribution in [3.63, 3.8) is 0 Å². The standard InChI is InChI=1S/C13H17ClFN3O/c14-11-3-2-10(8-12(11)15)17-13(19)9-18-6-1-4-16-5-7-18/h2-3,8,16H,1,4-7,9H2,(H,17,19). The summed E-state index contributed by atoms with van der Waals surface area (Å²) in [5, 5.41) is 6.01. The monoisotopic (exact) mass is 285 g/mol. The number of halogens is 2. The first-order valence-corrected chi connectivity index (χ1v) is 6.71. The molecule has 19 heavy (non-hydrogen) atoms. The SMILES string of the molecule is O=C(CN1CCCNCC1)Nc1ccc(Cl)c(F)c1. The predicted octanol–water partition coefficient (Wildman–Crippen LogP) is 1.71. The lowest BCUT2D eigenvalue weighted by atomic mass is 10.3. The Labute approximate surface area is 116 Å². The van der Waals surface area contributed by atoms with E-state index < -0.39 is 5.82 Å². The molecule has 1 aromatic rings. The van der Waals surface area contributed by atoms with Gasteiger partial charge in [0, 0.05) is 18.8 Å². The van der Waals surface area contributed by atoms with Crippen molar-refractivity contribution < 1.29 is 9.18 Å². The summed E-state index contributed by atoms with van der Waals surface area (Å²) in [5.41, 5.74) is 0.430. The molecule has 0 aromatic heterocycles. The number of benzene rings is 1. The average molecular weight is 286 g/mol. The van der Waals surface area contributed by atoms with E-state index in [1.165, 1.54) is 12.1 Å². The summed E-state index contributed by atoms with van der Waals surface area (Å²) in [5.74, 6) is -0.665. The third-order valence-electron chi connectivity index (χ3n) is 3.00. The topological polar surface area (TPSA) is 44.4 Å². The highest BCUT2D eigenvalue weighted by Crippen LogP contribution is 2.18. The van der Waals surface area contributed by atoms with Gasteiger partial charge in [0.05, 0.1) is 11.6 Å². The van der Waals surface area contributed by atoms with Crippen molar-refractivity contribution in [3.05, 3.63) is 29.0 Å². The normalized spacial score (nSPS) is 16.9. The van der Waals surface area contributed by atoms with Gasteiger partial charge in [-0.05, 0) is 37.7 Å². The number of carbonyl (C=O) groups excluding carboxylic acids is 1. The molecule has 1 aliphatic rings. The van der Waals surface area contributed by atoms with E-state index in [1.807, 2.05) is 0 Å². The fraction of sp³-hybridized carbons (Fsp3) is 0.462. The van der Waals surface area contributed by atoms with Crippen molar-refractivity contribution in [3.8, 4) is 0 Å². The van der Waals surface area contributed by atoms with E-state index in [2.05, 4.69) is 15.5 Å². The molecular formula is C13H17ClFN3O. The lowest BCUT2D eigenvalue weighted by Crippen LogP contribution is -2.35. The molecule has 1 aromatic carbocycles. The Morgan fingerprint density at radius 3 is 3.05 bits per heavy atom. The van der Waals surface area contributed by atoms with E-state index in [-0.39, 0.29) is 10.9 Å². The van der Waals surface area contributed by atoms with Gasteiger partial charge in [0.1, 0.15) is 5.82 Å². The quantitative estimate of drug-likeness (QED) is 0.889. The van der Waals surface area contributed by atoms with Crippen LogP contribution in [0.15, 0.2) is 18.2 Å². The summed E-state index contributed by atoms with van der Waals surface area (Å²) < 4.78 is 13.2. The average Bonchev–Trinajstić information content (AvgIpc) is 2.62. The molecule has 0 atom stereocenters. The summed E-state index contributed by atoms with van der Waals surface area (Å²) in [7, 11) is 0. The largest absolute Gasteiger partial charge is 0.325 e. The zero-order chi connectivity index (χ0) is 13.7. The van der Waals surface area contributed by atoms with Crippen LogP contribution in [0, 0.1) is 5.82 Å². The first-order chi connectivity index (χ1) is 9.15. The van der Waals surface area contributed by atoms with Crippen LogP contribution in [0.2, 0.25) is 5.02 Å². The lowest BCUT2D eigenvalue weighted by Gasteiger charge is -2.18. The van der Waals surface area contributed by atoms with E-state index in [0.717, 1.165) is 32.6 Å². The molecule has 104 valence electrons. The smallest absolute Gasteiger partial charge is 0.238 e. The summed E-state index contributed by atoms with van der Waals surface area (Å²) >= 11 is 5.59. The number of hydrogen-bond donors (Lipinski definition) is 2. The Hall–Kier alpha value is -1.17. The minimum Gasteiger partial charge on any atom is -0.325 e. The second-order valence-corrected chi connectivity index (χ2v) is 4.96. The van der Waals surface area contributed by atoms with Gasteiger partial charge in [-0.25, -0.2) is 4.39 Å². The number of anilines is 1. The van der Waals surface area contributed by atoms with Crippen LogP contribution in [0.4, 0.5) is 10.1 Å². The molecule has 2 rings (SSSR count). The maximum absolute atomic E-state index is 13.2. The molecule has 1 aliphatic heterocycles. The Balaban J connectivity index is 1.87. The molecule has 4 nitrogen and oxygen atoms in total. The Morgan fingerprint density at radius 2 is 2.26 bits per heavy atom. The van der Waals surface area contributed by atoms with E-state index in [0.29, 0.717) is 12.2 Å². The van der Waals surface area contributed by atoms with Crippen LogP contribution in [0.1, 0.15) is 6.42 Å². The van der Waals surface area contributed by atoms with Crippen LogP contribution in [0.5, 0.6) is 0 Å². The van der Waals surface area contributed by atoms with E-state index in [9.17, 15) is 9.18 Å². The number of carbonyl (C=O) groups is 1. The molecule has 1 amide bonds. The number of amides is 1. The van der Waals surface area contributed by atoms with Crippen molar-refractivity contribution in [2.24, 2.45) is 0 Å². The summed E-state index contributed by atoms with van der Waals surface area (Å²) in [6, 6.07) is 4.25. The molecule has 1 saturated heterocycles. The van der Waals surface area contributed by atoms with Crippen LogP contribution in [-0.2, 0) is 4.79 Å². The second kappa shape index (κ2) is 6.84. The van der Waals surface area contributed by atoms with Gasteiger partial charge in [-0.15, -0.1) is 0 Å². The van der Waals surface area contributed by atoms with Crippen molar-refractivity contribution in [2.75, 3.05) is 38.0 Å². The second-order valence-electron chi connectivity index (χ2n) is 4.56. The Bertz CT molecular complexity index is 448. The third kappa shape index (κ3) is 4.45. The van der Waals surface area contributed by atoms with Gasteiger partial charge in [-0.2, -0.15) is 0 Å². The maximum atomic E-state index is 13.2. The number of hydrogen-bond acceptors (Lipinski definition) is 3. The van der Waals surface area contributed by atoms with Gasteiger partial charge in [0.25, 0.3) is 0 Å². The molecule has 0 saturated carbocycles. The molecule has 0 spiro atoms. The molecule has 0 bridgehead atoms. The fourth-order valence-corrected chi connectivity index (χ4v) is 2.15. The van der Waals surface area contributed by atoms with Gasteiger partial charge < -0.3 is 10.6 Å². The van der Waals surface area contributed by atoms with Crippen LogP contribution < -0.4 is 10.6 Å². The molecule has 1 fully saturated rings. The van der Waals surface area contributed by atoms with Gasteiger partial charge in [-0.1, -0.05) is 11.6 Å².